The summed E-state index contributed by atoms with van der Waals surface area (Å²) in [6.45, 7) is 6.33. The Labute approximate surface area is 138 Å². The summed E-state index contributed by atoms with van der Waals surface area (Å²) >= 11 is 0. The number of ether oxygens (including phenoxy) is 1. The van der Waals surface area contributed by atoms with Crippen molar-refractivity contribution in [1.29, 1.82) is 0 Å². The van der Waals surface area contributed by atoms with E-state index in [4.69, 9.17) is 4.74 Å². The second kappa shape index (κ2) is 6.45. The average molecular weight is 346 g/mol. The molecule has 134 valence electrons. The number of rotatable bonds is 2. The molecule has 0 N–H and O–H groups in total. The van der Waals surface area contributed by atoms with E-state index in [1.165, 1.54) is 6.07 Å². The fourth-order valence-corrected chi connectivity index (χ4v) is 2.40. The van der Waals surface area contributed by atoms with Crippen LogP contribution in [-0.2, 0) is 10.9 Å². The molecule has 24 heavy (non-hydrogen) atoms. The van der Waals surface area contributed by atoms with E-state index in [9.17, 15) is 18.0 Å². The summed E-state index contributed by atoms with van der Waals surface area (Å²) in [6, 6.07) is 2.13. The standard InChI is InChI=1S/C15H21F3N4O2/c1-14(2,3)24-13(23)22-8-7-10(9-22)21(4)12-6-5-11(19-20-12)15(16,17)18/h5-6,10H,7-9H2,1-4H3/t10-/m1/s1. The maximum Gasteiger partial charge on any atom is 0.435 e. The third kappa shape index (κ3) is 4.48. The molecular weight excluding hydrogens is 325 g/mol. The molecule has 6 nitrogen and oxygen atoms in total. The van der Waals surface area contributed by atoms with Gasteiger partial charge in [-0.25, -0.2) is 4.79 Å². The first-order valence-electron chi connectivity index (χ1n) is 7.59. The third-order valence-corrected chi connectivity index (χ3v) is 3.67. The van der Waals surface area contributed by atoms with E-state index in [1.54, 1.807) is 37.6 Å². The van der Waals surface area contributed by atoms with E-state index in [1.807, 2.05) is 0 Å². The second-order valence-corrected chi connectivity index (χ2v) is 6.75. The number of hydrogen-bond acceptors (Lipinski definition) is 5. The van der Waals surface area contributed by atoms with E-state index in [0.29, 0.717) is 25.3 Å². The first-order valence-corrected chi connectivity index (χ1v) is 7.59. The molecule has 2 heterocycles. The number of likely N-dealkylation sites (N-methyl/N-ethyl adjacent to an activating group) is 1. The zero-order valence-corrected chi connectivity index (χ0v) is 14.1. The Morgan fingerprint density at radius 1 is 1.29 bits per heavy atom. The van der Waals surface area contributed by atoms with Gasteiger partial charge in [0.1, 0.15) is 5.60 Å². The monoisotopic (exact) mass is 346 g/mol. The van der Waals surface area contributed by atoms with E-state index >= 15 is 0 Å². The number of aromatic nitrogens is 2. The lowest BCUT2D eigenvalue weighted by Gasteiger charge is -2.27. The van der Waals surface area contributed by atoms with Crippen LogP contribution >= 0.6 is 0 Å². The Kier molecular flexibility index (Phi) is 4.91. The summed E-state index contributed by atoms with van der Waals surface area (Å²) in [5.41, 5.74) is -1.60. The minimum absolute atomic E-state index is 0.0523. The Balaban J connectivity index is 1.99. The number of carbonyl (C=O) groups is 1. The highest BCUT2D eigenvalue weighted by Gasteiger charge is 2.34. The van der Waals surface area contributed by atoms with Crippen LogP contribution in [0.3, 0.4) is 0 Å². The largest absolute Gasteiger partial charge is 0.444 e. The smallest absolute Gasteiger partial charge is 0.435 e. The molecule has 0 aromatic carbocycles. The molecule has 1 aromatic heterocycles. The van der Waals surface area contributed by atoms with Crippen molar-refractivity contribution in [2.45, 2.75) is 45.0 Å². The Bertz CT molecular complexity index is 584. The zero-order valence-electron chi connectivity index (χ0n) is 14.1. The molecule has 9 heteroatoms. The average Bonchev–Trinajstić information content (AvgIpc) is 2.94. The van der Waals surface area contributed by atoms with Crippen LogP contribution in [0, 0.1) is 0 Å². The number of hydrogen-bond donors (Lipinski definition) is 0. The molecule has 1 aliphatic heterocycles. The fraction of sp³-hybridized carbons (Fsp3) is 0.667. The van der Waals surface area contributed by atoms with Crippen molar-refractivity contribution in [2.75, 3.05) is 25.0 Å². The molecule has 0 radical (unpaired) electrons. The molecule has 0 aliphatic carbocycles. The van der Waals surface area contributed by atoms with E-state index in [0.717, 1.165) is 6.07 Å². The highest BCUT2D eigenvalue weighted by Crippen LogP contribution is 2.28. The van der Waals surface area contributed by atoms with Gasteiger partial charge < -0.3 is 14.5 Å². The second-order valence-electron chi connectivity index (χ2n) is 6.75. The molecule has 2 rings (SSSR count). The molecule has 1 aromatic rings. The molecule has 1 saturated heterocycles. The summed E-state index contributed by atoms with van der Waals surface area (Å²) in [4.78, 5) is 15.4. The summed E-state index contributed by atoms with van der Waals surface area (Å²) in [7, 11) is 1.72. The van der Waals surface area contributed by atoms with Crippen molar-refractivity contribution >= 4 is 11.9 Å². The van der Waals surface area contributed by atoms with Gasteiger partial charge in [-0.15, -0.1) is 10.2 Å². The van der Waals surface area contributed by atoms with E-state index < -0.39 is 23.6 Å². The molecular formula is C15H21F3N4O2. The van der Waals surface area contributed by atoms with Crippen LogP contribution in [0.5, 0.6) is 0 Å². The van der Waals surface area contributed by atoms with Gasteiger partial charge in [0.25, 0.3) is 0 Å². The topological polar surface area (TPSA) is 58.6 Å². The van der Waals surface area contributed by atoms with Gasteiger partial charge in [-0.05, 0) is 39.3 Å². The lowest BCUT2D eigenvalue weighted by Crippen LogP contribution is -2.39. The molecule has 1 aliphatic rings. The van der Waals surface area contributed by atoms with Crippen LogP contribution in [0.1, 0.15) is 32.9 Å². The number of amides is 1. The van der Waals surface area contributed by atoms with E-state index in [-0.39, 0.29) is 6.04 Å². The summed E-state index contributed by atoms with van der Waals surface area (Å²) in [6.07, 6.45) is -4.22. The van der Waals surface area contributed by atoms with Crippen molar-refractivity contribution < 1.29 is 22.7 Å². The number of alkyl halides is 3. The molecule has 1 fully saturated rings. The number of carbonyl (C=O) groups excluding carboxylic acids is 1. The van der Waals surface area contributed by atoms with Crippen LogP contribution in [0.25, 0.3) is 0 Å². The minimum atomic E-state index is -4.51. The predicted octanol–water partition coefficient (Wildman–Crippen LogP) is 2.94. The first kappa shape index (κ1) is 18.3. The predicted molar refractivity (Wildman–Crippen MR) is 81.6 cm³/mol. The van der Waals surface area contributed by atoms with Gasteiger partial charge in [0.05, 0.1) is 0 Å². The molecule has 1 atom stereocenters. The molecule has 0 unspecified atom stereocenters. The van der Waals surface area contributed by atoms with Gasteiger partial charge >= 0.3 is 12.3 Å². The minimum Gasteiger partial charge on any atom is -0.444 e. The van der Waals surface area contributed by atoms with Crippen molar-refractivity contribution in [2.24, 2.45) is 0 Å². The van der Waals surface area contributed by atoms with Gasteiger partial charge in [-0.2, -0.15) is 13.2 Å². The molecule has 0 bridgehead atoms. The Morgan fingerprint density at radius 2 is 1.96 bits per heavy atom. The number of likely N-dealkylation sites (tertiary alicyclic amines) is 1. The van der Waals surface area contributed by atoms with Crippen molar-refractivity contribution in [3.63, 3.8) is 0 Å². The first-order chi connectivity index (χ1) is 11.0. The fourth-order valence-electron chi connectivity index (χ4n) is 2.40. The van der Waals surface area contributed by atoms with Gasteiger partial charge in [0, 0.05) is 26.2 Å². The van der Waals surface area contributed by atoms with Crippen LogP contribution in [-0.4, -0.2) is 53.0 Å². The van der Waals surface area contributed by atoms with Crippen LogP contribution in [0.15, 0.2) is 12.1 Å². The number of halogens is 3. The molecule has 0 saturated carbocycles. The van der Waals surface area contributed by atoms with Crippen LogP contribution in [0.4, 0.5) is 23.8 Å². The normalized spacial score (nSPS) is 18.6. The summed E-state index contributed by atoms with van der Waals surface area (Å²) < 4.78 is 42.9. The number of anilines is 1. The summed E-state index contributed by atoms with van der Waals surface area (Å²) in [5.74, 6) is 0.332. The zero-order chi connectivity index (χ0) is 18.1. The molecule has 1 amide bonds. The maximum atomic E-state index is 12.5. The van der Waals surface area contributed by atoms with Gasteiger partial charge in [-0.3, -0.25) is 0 Å². The highest BCUT2D eigenvalue weighted by atomic mass is 19.4. The van der Waals surface area contributed by atoms with Crippen LogP contribution < -0.4 is 4.90 Å². The SMILES string of the molecule is CN(c1ccc(C(F)(F)F)nn1)[C@@H]1CCN(C(=O)OC(C)(C)C)C1. The van der Waals surface area contributed by atoms with Crippen molar-refractivity contribution in [3.05, 3.63) is 17.8 Å². The lowest BCUT2D eigenvalue weighted by atomic mass is 10.2. The highest BCUT2D eigenvalue weighted by molar-refractivity contribution is 5.68. The van der Waals surface area contributed by atoms with Gasteiger partial charge in [0.2, 0.25) is 0 Å². The Morgan fingerprint density at radius 3 is 2.46 bits per heavy atom. The third-order valence-electron chi connectivity index (χ3n) is 3.67. The van der Waals surface area contributed by atoms with Crippen LogP contribution in [0.2, 0.25) is 0 Å². The quantitative estimate of drug-likeness (QED) is 0.824. The summed E-state index contributed by atoms with van der Waals surface area (Å²) in [5, 5.41) is 6.86. The van der Waals surface area contributed by atoms with Gasteiger partial charge in [0.15, 0.2) is 11.5 Å². The van der Waals surface area contributed by atoms with Crippen molar-refractivity contribution in [3.8, 4) is 0 Å². The molecule has 0 spiro atoms. The number of nitrogens with zero attached hydrogens (tertiary/aromatic N) is 4. The maximum absolute atomic E-state index is 12.5. The Hall–Kier alpha value is -2.06. The lowest BCUT2D eigenvalue weighted by molar-refractivity contribution is -0.141. The van der Waals surface area contributed by atoms with Crippen molar-refractivity contribution in [1.82, 2.24) is 15.1 Å². The van der Waals surface area contributed by atoms with E-state index in [2.05, 4.69) is 10.2 Å². The van der Waals surface area contributed by atoms with Gasteiger partial charge in [-0.1, -0.05) is 0 Å².